The van der Waals surface area contributed by atoms with Gasteiger partial charge in [0.2, 0.25) is 0 Å². The van der Waals surface area contributed by atoms with Crippen LogP contribution in [-0.4, -0.2) is 11.1 Å². The van der Waals surface area contributed by atoms with Crippen LogP contribution in [0.2, 0.25) is 5.02 Å². The highest BCUT2D eigenvalue weighted by atomic mass is 35.5. The summed E-state index contributed by atoms with van der Waals surface area (Å²) in [6.07, 6.45) is 3.29. The average Bonchev–Trinajstić information content (AvgIpc) is 2.29. The molecule has 17 heavy (non-hydrogen) atoms. The smallest absolute Gasteiger partial charge is 0.328 e. The van der Waals surface area contributed by atoms with Crippen LogP contribution in [0.4, 0.5) is 0 Å². The molecule has 0 aliphatic heterocycles. The number of carbonyl (C=O) groups is 1. The van der Waals surface area contributed by atoms with E-state index in [0.717, 1.165) is 6.08 Å². The number of fused-ring (bicyclic) bond motifs is 1. The van der Waals surface area contributed by atoms with Gasteiger partial charge >= 0.3 is 5.97 Å². The van der Waals surface area contributed by atoms with Gasteiger partial charge in [-0.05, 0) is 24.3 Å². The van der Waals surface area contributed by atoms with Gasteiger partial charge in [0.15, 0.2) is 5.43 Å². The van der Waals surface area contributed by atoms with Crippen molar-refractivity contribution in [1.29, 1.82) is 0 Å². The zero-order valence-corrected chi connectivity index (χ0v) is 9.27. The Balaban J connectivity index is 2.65. The first-order valence-electron chi connectivity index (χ1n) is 4.70. The molecule has 0 unspecified atom stereocenters. The minimum atomic E-state index is -1.13. The second kappa shape index (κ2) is 4.43. The lowest BCUT2D eigenvalue weighted by Crippen LogP contribution is -2.05. The molecule has 0 bridgehead atoms. The predicted molar refractivity (Wildman–Crippen MR) is 64.2 cm³/mol. The van der Waals surface area contributed by atoms with Gasteiger partial charge in [-0.25, -0.2) is 4.79 Å². The summed E-state index contributed by atoms with van der Waals surface area (Å²) in [4.78, 5) is 22.3. The van der Waals surface area contributed by atoms with Crippen LogP contribution < -0.4 is 5.43 Å². The highest BCUT2D eigenvalue weighted by Crippen LogP contribution is 2.17. The molecule has 1 N–H and O–H groups in total. The summed E-state index contributed by atoms with van der Waals surface area (Å²) in [5, 5.41) is 9.23. The normalized spacial score (nSPS) is 11.1. The molecule has 4 nitrogen and oxygen atoms in total. The van der Waals surface area contributed by atoms with E-state index < -0.39 is 5.97 Å². The number of halogens is 1. The molecule has 5 heteroatoms. The van der Waals surface area contributed by atoms with Gasteiger partial charge in [0, 0.05) is 11.1 Å². The number of carboxylic acid groups (broad SMARTS) is 1. The molecule has 2 rings (SSSR count). The predicted octanol–water partition coefficient (Wildman–Crippen LogP) is 2.54. The number of carboxylic acids is 1. The zero-order valence-electron chi connectivity index (χ0n) is 8.51. The first-order valence-corrected chi connectivity index (χ1v) is 5.08. The fourth-order valence-electron chi connectivity index (χ4n) is 1.39. The van der Waals surface area contributed by atoms with Crippen LogP contribution in [-0.2, 0) is 4.79 Å². The summed E-state index contributed by atoms with van der Waals surface area (Å²) >= 11 is 5.78. The van der Waals surface area contributed by atoms with Crippen molar-refractivity contribution in [3.63, 3.8) is 0 Å². The topological polar surface area (TPSA) is 67.5 Å². The van der Waals surface area contributed by atoms with Crippen molar-refractivity contribution in [1.82, 2.24) is 0 Å². The molecule has 0 saturated carbocycles. The van der Waals surface area contributed by atoms with Crippen LogP contribution in [0.1, 0.15) is 5.56 Å². The van der Waals surface area contributed by atoms with E-state index in [1.165, 1.54) is 18.4 Å². The third-order valence-corrected chi connectivity index (χ3v) is 2.40. The SMILES string of the molecule is O=C(O)C=Cc1coc2ccc(Cl)cc2c1=O. The third-order valence-electron chi connectivity index (χ3n) is 2.17. The van der Waals surface area contributed by atoms with Gasteiger partial charge in [0.25, 0.3) is 0 Å². The number of aliphatic carboxylic acids is 1. The second-order valence-corrected chi connectivity index (χ2v) is 3.77. The van der Waals surface area contributed by atoms with Crippen molar-refractivity contribution in [2.45, 2.75) is 0 Å². The van der Waals surface area contributed by atoms with Crippen LogP contribution in [0.3, 0.4) is 0 Å². The van der Waals surface area contributed by atoms with Crippen LogP contribution in [0, 0.1) is 0 Å². The molecule has 0 fully saturated rings. The van der Waals surface area contributed by atoms with Gasteiger partial charge in [0.05, 0.1) is 10.9 Å². The first kappa shape index (κ1) is 11.4. The standard InChI is InChI=1S/C12H7ClO4/c13-8-2-3-10-9(5-8)12(16)7(6-17-10)1-4-11(14)15/h1-6H,(H,14,15). The zero-order chi connectivity index (χ0) is 12.4. The van der Waals surface area contributed by atoms with E-state index in [4.69, 9.17) is 21.1 Å². The Morgan fingerprint density at radius 2 is 2.18 bits per heavy atom. The molecule has 1 heterocycles. The third kappa shape index (κ3) is 2.37. The number of rotatable bonds is 2. The van der Waals surface area contributed by atoms with Gasteiger partial charge in [-0.2, -0.15) is 0 Å². The molecule has 1 aromatic heterocycles. The molecular formula is C12H7ClO4. The Morgan fingerprint density at radius 3 is 2.88 bits per heavy atom. The van der Waals surface area contributed by atoms with Crippen LogP contribution in [0.15, 0.2) is 39.7 Å². The highest BCUT2D eigenvalue weighted by molar-refractivity contribution is 6.31. The first-order chi connectivity index (χ1) is 8.08. The minimum Gasteiger partial charge on any atom is -0.478 e. The summed E-state index contributed by atoms with van der Waals surface area (Å²) in [6.45, 7) is 0. The molecule has 0 amide bonds. The lowest BCUT2D eigenvalue weighted by atomic mass is 10.1. The Hall–Kier alpha value is -2.07. The molecule has 0 spiro atoms. The van der Waals surface area contributed by atoms with Crippen molar-refractivity contribution in [2.24, 2.45) is 0 Å². The quantitative estimate of drug-likeness (QED) is 0.832. The van der Waals surface area contributed by atoms with Crippen molar-refractivity contribution < 1.29 is 14.3 Å². The van der Waals surface area contributed by atoms with Crippen molar-refractivity contribution in [2.75, 3.05) is 0 Å². The van der Waals surface area contributed by atoms with E-state index in [9.17, 15) is 9.59 Å². The maximum atomic E-state index is 11.9. The Labute approximate surface area is 101 Å². The van der Waals surface area contributed by atoms with E-state index >= 15 is 0 Å². The van der Waals surface area contributed by atoms with Gasteiger partial charge in [-0.1, -0.05) is 11.6 Å². The van der Waals surface area contributed by atoms with E-state index in [1.807, 2.05) is 0 Å². The molecule has 86 valence electrons. The van der Waals surface area contributed by atoms with Gasteiger partial charge in [0.1, 0.15) is 11.8 Å². The molecule has 0 saturated heterocycles. The van der Waals surface area contributed by atoms with Crippen molar-refractivity contribution >= 4 is 34.6 Å². The summed E-state index contributed by atoms with van der Waals surface area (Å²) in [5.74, 6) is -1.13. The minimum absolute atomic E-state index is 0.169. The number of hydrogen-bond acceptors (Lipinski definition) is 3. The van der Waals surface area contributed by atoms with Crippen LogP contribution >= 0.6 is 11.6 Å². The largest absolute Gasteiger partial charge is 0.478 e. The lowest BCUT2D eigenvalue weighted by molar-refractivity contribution is -0.131. The van der Waals surface area contributed by atoms with E-state index in [2.05, 4.69) is 0 Å². The van der Waals surface area contributed by atoms with Gasteiger partial charge < -0.3 is 9.52 Å². The summed E-state index contributed by atoms with van der Waals surface area (Å²) in [5.41, 5.74) is 0.264. The lowest BCUT2D eigenvalue weighted by Gasteiger charge is -1.98. The molecule has 1 aromatic carbocycles. The Kier molecular flexibility index (Phi) is 2.97. The maximum absolute atomic E-state index is 11.9. The number of hydrogen-bond donors (Lipinski definition) is 1. The van der Waals surface area contributed by atoms with Crippen LogP contribution in [0.25, 0.3) is 17.0 Å². The molecule has 0 aliphatic carbocycles. The summed E-state index contributed by atoms with van der Waals surface area (Å²) < 4.78 is 5.21. The molecule has 2 aromatic rings. The average molecular weight is 251 g/mol. The summed E-state index contributed by atoms with van der Waals surface area (Å²) in [6, 6.07) is 4.68. The Bertz CT molecular complexity index is 670. The van der Waals surface area contributed by atoms with Crippen LogP contribution in [0.5, 0.6) is 0 Å². The molecule has 0 atom stereocenters. The van der Waals surface area contributed by atoms with E-state index in [0.29, 0.717) is 16.0 Å². The monoisotopic (exact) mass is 250 g/mol. The van der Waals surface area contributed by atoms with Gasteiger partial charge in [-0.3, -0.25) is 4.79 Å². The highest BCUT2D eigenvalue weighted by Gasteiger charge is 2.05. The Morgan fingerprint density at radius 1 is 1.41 bits per heavy atom. The molecule has 0 radical (unpaired) electrons. The maximum Gasteiger partial charge on any atom is 0.328 e. The fourth-order valence-corrected chi connectivity index (χ4v) is 1.57. The van der Waals surface area contributed by atoms with Crippen molar-refractivity contribution in [3.8, 4) is 0 Å². The number of benzene rings is 1. The van der Waals surface area contributed by atoms with E-state index in [-0.39, 0.29) is 11.0 Å². The molecular weight excluding hydrogens is 244 g/mol. The van der Waals surface area contributed by atoms with Gasteiger partial charge in [-0.15, -0.1) is 0 Å². The van der Waals surface area contributed by atoms with E-state index in [1.54, 1.807) is 12.1 Å². The van der Waals surface area contributed by atoms with Crippen molar-refractivity contribution in [3.05, 3.63) is 51.3 Å². The second-order valence-electron chi connectivity index (χ2n) is 3.33. The fraction of sp³-hybridized carbons (Fsp3) is 0. The summed E-state index contributed by atoms with van der Waals surface area (Å²) in [7, 11) is 0. The molecule has 0 aliphatic rings.